The number of aryl methyl sites for hydroxylation is 1. The van der Waals surface area contributed by atoms with Gasteiger partial charge in [-0.1, -0.05) is 48.0 Å². The fourth-order valence-corrected chi connectivity index (χ4v) is 3.93. The second-order valence-electron chi connectivity index (χ2n) is 6.43. The molecule has 0 aliphatic carbocycles. The lowest BCUT2D eigenvalue weighted by Gasteiger charge is -2.19. The number of anilines is 1. The van der Waals surface area contributed by atoms with Gasteiger partial charge in [-0.05, 0) is 49.3 Å². The van der Waals surface area contributed by atoms with Crippen molar-refractivity contribution in [3.63, 3.8) is 0 Å². The van der Waals surface area contributed by atoms with Crippen LogP contribution < -0.4 is 4.90 Å². The fraction of sp³-hybridized carbons (Fsp3) is 0.368. The van der Waals surface area contributed by atoms with Crippen molar-refractivity contribution in [1.82, 2.24) is 0 Å². The van der Waals surface area contributed by atoms with E-state index >= 15 is 0 Å². The largest absolute Gasteiger partial charge is 0.368 e. The van der Waals surface area contributed by atoms with Crippen LogP contribution in [0.2, 0.25) is 0 Å². The molecule has 102 valence electrons. The number of benzene rings is 2. The number of nitrogens with zero attached hydrogens (tertiary/aromatic N) is 1. The molecule has 1 nitrogen and oxygen atoms in total. The van der Waals surface area contributed by atoms with Crippen LogP contribution in [0.3, 0.4) is 0 Å². The van der Waals surface area contributed by atoms with Crippen LogP contribution in [0.15, 0.2) is 48.5 Å². The second kappa shape index (κ2) is 4.66. The minimum absolute atomic E-state index is 0.753. The quantitative estimate of drug-likeness (QED) is 0.792. The van der Waals surface area contributed by atoms with E-state index in [1.165, 1.54) is 42.6 Å². The summed E-state index contributed by atoms with van der Waals surface area (Å²) in [6, 6.07) is 18.8. The zero-order valence-electron chi connectivity index (χ0n) is 12.0. The molecule has 2 heterocycles. The highest BCUT2D eigenvalue weighted by atomic mass is 15.2. The van der Waals surface area contributed by atoms with Crippen LogP contribution in [0.4, 0.5) is 5.69 Å². The molecule has 0 saturated carbocycles. The van der Waals surface area contributed by atoms with Crippen molar-refractivity contribution in [3.05, 3.63) is 65.2 Å². The van der Waals surface area contributed by atoms with Crippen LogP contribution in [0, 0.1) is 12.8 Å². The highest BCUT2D eigenvalue weighted by Crippen LogP contribution is 2.40. The van der Waals surface area contributed by atoms with E-state index in [1.807, 2.05) is 0 Å². The smallest absolute Gasteiger partial charge is 0.0402 e. The van der Waals surface area contributed by atoms with Gasteiger partial charge in [0.1, 0.15) is 0 Å². The van der Waals surface area contributed by atoms with Crippen LogP contribution in [-0.4, -0.2) is 12.6 Å². The van der Waals surface area contributed by atoms with Gasteiger partial charge in [0.15, 0.2) is 0 Å². The highest BCUT2D eigenvalue weighted by molar-refractivity contribution is 5.60. The van der Waals surface area contributed by atoms with E-state index < -0.39 is 0 Å². The van der Waals surface area contributed by atoms with Crippen molar-refractivity contribution in [3.8, 4) is 0 Å². The first-order valence-electron chi connectivity index (χ1n) is 7.70. The Labute approximate surface area is 121 Å². The Hall–Kier alpha value is -1.76. The Kier molecular flexibility index (Phi) is 2.80. The third-order valence-electron chi connectivity index (χ3n) is 4.90. The van der Waals surface area contributed by atoms with Crippen molar-refractivity contribution in [2.75, 3.05) is 11.4 Å². The van der Waals surface area contributed by atoms with E-state index in [0.29, 0.717) is 0 Å². The van der Waals surface area contributed by atoms with Gasteiger partial charge in [-0.25, -0.2) is 0 Å². The summed E-state index contributed by atoms with van der Waals surface area (Å²) in [6.45, 7) is 3.39. The van der Waals surface area contributed by atoms with E-state index in [2.05, 4.69) is 60.4 Å². The van der Waals surface area contributed by atoms with Crippen LogP contribution in [0.1, 0.15) is 23.1 Å². The predicted octanol–water partition coefficient (Wildman–Crippen LogP) is 3.99. The summed E-state index contributed by atoms with van der Waals surface area (Å²) in [5.74, 6) is 0.816. The van der Waals surface area contributed by atoms with E-state index in [-0.39, 0.29) is 0 Å². The molecular weight excluding hydrogens is 242 g/mol. The van der Waals surface area contributed by atoms with Gasteiger partial charge in [-0.15, -0.1) is 0 Å². The van der Waals surface area contributed by atoms with Gasteiger partial charge < -0.3 is 4.90 Å². The topological polar surface area (TPSA) is 3.24 Å². The van der Waals surface area contributed by atoms with Gasteiger partial charge in [0.2, 0.25) is 0 Å². The molecule has 2 aliphatic rings. The average molecular weight is 263 g/mol. The third kappa shape index (κ3) is 2.02. The molecule has 2 aromatic carbocycles. The molecule has 0 amide bonds. The first kappa shape index (κ1) is 12.0. The fourth-order valence-electron chi connectivity index (χ4n) is 3.93. The molecule has 1 fully saturated rings. The van der Waals surface area contributed by atoms with Gasteiger partial charge in [0, 0.05) is 18.3 Å². The maximum absolute atomic E-state index is 2.65. The molecule has 2 aromatic rings. The number of rotatable bonds is 2. The highest BCUT2D eigenvalue weighted by Gasteiger charge is 2.37. The van der Waals surface area contributed by atoms with Crippen molar-refractivity contribution >= 4 is 5.69 Å². The standard InChI is InChI=1S/C19H21N/c1-14-6-8-15(9-7-14)10-16-11-18-12-17-4-2-3-5-19(17)20(18)13-16/h2-9,16,18H,10-13H2,1H3/t16-,18+/m0/s1. The molecule has 4 rings (SSSR count). The lowest BCUT2D eigenvalue weighted by molar-refractivity contribution is 0.552. The van der Waals surface area contributed by atoms with Crippen LogP contribution in [0.5, 0.6) is 0 Å². The second-order valence-corrected chi connectivity index (χ2v) is 6.43. The van der Waals surface area contributed by atoms with Crippen molar-refractivity contribution < 1.29 is 0 Å². The Bertz CT molecular complexity index is 614. The van der Waals surface area contributed by atoms with Crippen LogP contribution in [0.25, 0.3) is 0 Å². The number of hydrogen-bond acceptors (Lipinski definition) is 1. The van der Waals surface area contributed by atoms with Crippen molar-refractivity contribution in [2.45, 2.75) is 32.2 Å². The molecule has 2 aliphatic heterocycles. The Morgan fingerprint density at radius 2 is 1.85 bits per heavy atom. The minimum Gasteiger partial charge on any atom is -0.368 e. The van der Waals surface area contributed by atoms with E-state index in [1.54, 1.807) is 5.56 Å². The Morgan fingerprint density at radius 3 is 2.70 bits per heavy atom. The molecule has 0 aromatic heterocycles. The molecule has 1 heteroatoms. The van der Waals surface area contributed by atoms with Crippen molar-refractivity contribution in [1.29, 1.82) is 0 Å². The summed E-state index contributed by atoms with van der Waals surface area (Å²) in [7, 11) is 0. The van der Waals surface area contributed by atoms with Crippen LogP contribution in [-0.2, 0) is 12.8 Å². The van der Waals surface area contributed by atoms with Gasteiger partial charge in [0.05, 0.1) is 0 Å². The summed E-state index contributed by atoms with van der Waals surface area (Å²) in [4.78, 5) is 2.65. The van der Waals surface area contributed by atoms with E-state index in [4.69, 9.17) is 0 Å². The summed E-state index contributed by atoms with van der Waals surface area (Å²) in [5, 5.41) is 0. The zero-order chi connectivity index (χ0) is 13.5. The SMILES string of the molecule is Cc1ccc(C[C@H]2C[C@@H]3Cc4ccccc4N3C2)cc1. The zero-order valence-corrected chi connectivity index (χ0v) is 12.0. The summed E-state index contributed by atoms with van der Waals surface area (Å²) >= 11 is 0. The normalized spacial score (nSPS) is 23.8. The molecule has 1 saturated heterocycles. The molecule has 0 unspecified atom stereocenters. The summed E-state index contributed by atoms with van der Waals surface area (Å²) < 4.78 is 0. The molecule has 0 spiro atoms. The minimum atomic E-state index is 0.753. The van der Waals surface area contributed by atoms with Gasteiger partial charge in [-0.2, -0.15) is 0 Å². The van der Waals surface area contributed by atoms with E-state index in [9.17, 15) is 0 Å². The molecule has 0 bridgehead atoms. The number of hydrogen-bond donors (Lipinski definition) is 0. The first-order chi connectivity index (χ1) is 9.79. The lowest BCUT2D eigenvalue weighted by Crippen LogP contribution is -2.24. The third-order valence-corrected chi connectivity index (χ3v) is 4.90. The molecule has 0 N–H and O–H groups in total. The summed E-state index contributed by atoms with van der Waals surface area (Å²) in [6.07, 6.45) is 3.83. The predicted molar refractivity (Wildman–Crippen MR) is 84.3 cm³/mol. The Balaban J connectivity index is 1.49. The monoisotopic (exact) mass is 263 g/mol. The Morgan fingerprint density at radius 1 is 1.05 bits per heavy atom. The van der Waals surface area contributed by atoms with Gasteiger partial charge in [0.25, 0.3) is 0 Å². The first-order valence-corrected chi connectivity index (χ1v) is 7.70. The molecule has 2 atom stereocenters. The number of fused-ring (bicyclic) bond motifs is 3. The van der Waals surface area contributed by atoms with Gasteiger partial charge >= 0.3 is 0 Å². The van der Waals surface area contributed by atoms with E-state index in [0.717, 1.165) is 12.0 Å². The number of para-hydroxylation sites is 1. The average Bonchev–Trinajstić information content (AvgIpc) is 2.98. The summed E-state index contributed by atoms with van der Waals surface area (Å²) in [5.41, 5.74) is 5.89. The lowest BCUT2D eigenvalue weighted by atomic mass is 9.94. The maximum atomic E-state index is 2.65. The van der Waals surface area contributed by atoms with Crippen LogP contribution >= 0.6 is 0 Å². The molecule has 20 heavy (non-hydrogen) atoms. The molecule has 0 radical (unpaired) electrons. The maximum Gasteiger partial charge on any atom is 0.0402 e. The van der Waals surface area contributed by atoms with Gasteiger partial charge in [-0.3, -0.25) is 0 Å². The van der Waals surface area contributed by atoms with Crippen molar-refractivity contribution in [2.24, 2.45) is 5.92 Å². The molecular formula is C19H21N.